The maximum Gasteiger partial charge on any atom is 0.0221 e. The normalized spacial score (nSPS) is 30.1. The third-order valence-corrected chi connectivity index (χ3v) is 3.07. The summed E-state index contributed by atoms with van der Waals surface area (Å²) >= 11 is 0. The molecular formula is C11H21N. The second-order valence-electron chi connectivity index (χ2n) is 4.62. The minimum atomic E-state index is 0.451. The highest BCUT2D eigenvalue weighted by Crippen LogP contribution is 2.37. The third-order valence-electron chi connectivity index (χ3n) is 3.07. The molecule has 0 radical (unpaired) electrons. The van der Waals surface area contributed by atoms with Gasteiger partial charge >= 0.3 is 0 Å². The summed E-state index contributed by atoms with van der Waals surface area (Å²) in [7, 11) is 0. The van der Waals surface area contributed by atoms with Gasteiger partial charge in [-0.1, -0.05) is 26.3 Å². The molecule has 1 heteroatoms. The SMILES string of the molecule is C=CC(C)NC1CCCC1(C)C. The first kappa shape index (κ1) is 9.79. The van der Waals surface area contributed by atoms with Crippen LogP contribution in [0.1, 0.15) is 40.0 Å². The van der Waals surface area contributed by atoms with Crippen molar-refractivity contribution in [3.63, 3.8) is 0 Å². The number of hydrogen-bond donors (Lipinski definition) is 1. The molecule has 0 bridgehead atoms. The molecular weight excluding hydrogens is 146 g/mol. The van der Waals surface area contributed by atoms with Crippen LogP contribution in [0.3, 0.4) is 0 Å². The lowest BCUT2D eigenvalue weighted by atomic mass is 9.87. The Hall–Kier alpha value is -0.300. The van der Waals surface area contributed by atoms with Crippen LogP contribution in [0.15, 0.2) is 12.7 Å². The van der Waals surface area contributed by atoms with Crippen LogP contribution in [0.25, 0.3) is 0 Å². The molecule has 0 aromatic rings. The van der Waals surface area contributed by atoms with Gasteiger partial charge in [-0.2, -0.15) is 0 Å². The van der Waals surface area contributed by atoms with Crippen LogP contribution in [0.5, 0.6) is 0 Å². The van der Waals surface area contributed by atoms with Crippen LogP contribution < -0.4 is 5.32 Å². The summed E-state index contributed by atoms with van der Waals surface area (Å²) in [6, 6.07) is 1.14. The second-order valence-corrected chi connectivity index (χ2v) is 4.62. The Morgan fingerprint density at radius 2 is 2.25 bits per heavy atom. The van der Waals surface area contributed by atoms with E-state index in [-0.39, 0.29) is 0 Å². The van der Waals surface area contributed by atoms with Gasteiger partial charge in [0.25, 0.3) is 0 Å². The van der Waals surface area contributed by atoms with Gasteiger partial charge in [0.2, 0.25) is 0 Å². The summed E-state index contributed by atoms with van der Waals surface area (Å²) in [5.41, 5.74) is 0.483. The summed E-state index contributed by atoms with van der Waals surface area (Å²) in [6.45, 7) is 10.7. The van der Waals surface area contributed by atoms with Gasteiger partial charge in [-0.05, 0) is 25.2 Å². The minimum absolute atomic E-state index is 0.451. The lowest BCUT2D eigenvalue weighted by Gasteiger charge is -2.29. The molecule has 0 spiro atoms. The molecule has 1 fully saturated rings. The average molecular weight is 167 g/mol. The Labute approximate surface area is 76.2 Å². The predicted molar refractivity (Wildman–Crippen MR) is 54.2 cm³/mol. The molecule has 0 heterocycles. The third kappa shape index (κ3) is 2.10. The first-order chi connectivity index (χ1) is 5.56. The largest absolute Gasteiger partial charge is 0.308 e. The summed E-state index contributed by atoms with van der Waals surface area (Å²) in [6.07, 6.45) is 6.03. The van der Waals surface area contributed by atoms with Gasteiger partial charge in [0, 0.05) is 12.1 Å². The molecule has 70 valence electrons. The van der Waals surface area contributed by atoms with E-state index in [1.54, 1.807) is 0 Å². The van der Waals surface area contributed by atoms with Crippen LogP contribution in [0.2, 0.25) is 0 Å². The topological polar surface area (TPSA) is 12.0 Å². The van der Waals surface area contributed by atoms with Gasteiger partial charge in [-0.15, -0.1) is 6.58 Å². The zero-order valence-electron chi connectivity index (χ0n) is 8.56. The van der Waals surface area contributed by atoms with Crippen LogP contribution in [-0.2, 0) is 0 Å². The molecule has 0 aliphatic heterocycles. The second kappa shape index (κ2) is 3.61. The molecule has 0 aromatic carbocycles. The van der Waals surface area contributed by atoms with E-state index >= 15 is 0 Å². The Balaban J connectivity index is 2.46. The van der Waals surface area contributed by atoms with Gasteiger partial charge in [0.05, 0.1) is 0 Å². The molecule has 0 amide bonds. The first-order valence-electron chi connectivity index (χ1n) is 4.95. The van der Waals surface area contributed by atoms with E-state index in [1.165, 1.54) is 19.3 Å². The van der Waals surface area contributed by atoms with Crippen molar-refractivity contribution in [1.29, 1.82) is 0 Å². The Morgan fingerprint density at radius 1 is 1.58 bits per heavy atom. The van der Waals surface area contributed by atoms with E-state index in [1.807, 2.05) is 6.08 Å². The molecule has 2 atom stereocenters. The fourth-order valence-electron chi connectivity index (χ4n) is 2.02. The van der Waals surface area contributed by atoms with Crippen molar-refractivity contribution in [3.05, 3.63) is 12.7 Å². The highest BCUT2D eigenvalue weighted by atomic mass is 15.0. The van der Waals surface area contributed by atoms with Crippen molar-refractivity contribution in [3.8, 4) is 0 Å². The van der Waals surface area contributed by atoms with E-state index in [0.29, 0.717) is 17.5 Å². The Bertz CT molecular complexity index is 160. The minimum Gasteiger partial charge on any atom is -0.308 e. The highest BCUT2D eigenvalue weighted by Gasteiger charge is 2.34. The number of rotatable bonds is 3. The van der Waals surface area contributed by atoms with Gasteiger partial charge in [0.15, 0.2) is 0 Å². The van der Waals surface area contributed by atoms with E-state index in [9.17, 15) is 0 Å². The van der Waals surface area contributed by atoms with Crippen LogP contribution >= 0.6 is 0 Å². The van der Waals surface area contributed by atoms with E-state index < -0.39 is 0 Å². The fourth-order valence-corrected chi connectivity index (χ4v) is 2.02. The van der Waals surface area contributed by atoms with Crippen LogP contribution in [0, 0.1) is 5.41 Å². The summed E-state index contributed by atoms with van der Waals surface area (Å²) in [5, 5.41) is 3.60. The van der Waals surface area contributed by atoms with Gasteiger partial charge < -0.3 is 5.32 Å². The Kier molecular flexibility index (Phi) is 2.94. The number of hydrogen-bond acceptors (Lipinski definition) is 1. The lowest BCUT2D eigenvalue weighted by molar-refractivity contribution is 0.276. The summed E-state index contributed by atoms with van der Waals surface area (Å²) in [5.74, 6) is 0. The first-order valence-corrected chi connectivity index (χ1v) is 4.95. The molecule has 12 heavy (non-hydrogen) atoms. The van der Waals surface area contributed by atoms with Gasteiger partial charge in [-0.25, -0.2) is 0 Å². The van der Waals surface area contributed by atoms with Gasteiger partial charge in [0.1, 0.15) is 0 Å². The maximum absolute atomic E-state index is 3.79. The van der Waals surface area contributed by atoms with Crippen molar-refractivity contribution in [2.24, 2.45) is 5.41 Å². The summed E-state index contributed by atoms with van der Waals surface area (Å²) < 4.78 is 0. The van der Waals surface area contributed by atoms with E-state index in [2.05, 4.69) is 32.7 Å². The monoisotopic (exact) mass is 167 g/mol. The predicted octanol–water partition coefficient (Wildman–Crippen LogP) is 2.73. The van der Waals surface area contributed by atoms with E-state index in [4.69, 9.17) is 0 Å². The molecule has 1 N–H and O–H groups in total. The van der Waals surface area contributed by atoms with Crippen LogP contribution in [-0.4, -0.2) is 12.1 Å². The smallest absolute Gasteiger partial charge is 0.0221 e. The molecule has 1 rings (SSSR count). The fraction of sp³-hybridized carbons (Fsp3) is 0.818. The highest BCUT2D eigenvalue weighted by molar-refractivity contribution is 4.94. The van der Waals surface area contributed by atoms with Crippen molar-refractivity contribution in [2.75, 3.05) is 0 Å². The summed E-state index contributed by atoms with van der Waals surface area (Å²) in [4.78, 5) is 0. The molecule has 1 saturated carbocycles. The maximum atomic E-state index is 3.79. The van der Waals surface area contributed by atoms with Gasteiger partial charge in [-0.3, -0.25) is 0 Å². The average Bonchev–Trinajstić information content (AvgIpc) is 2.31. The molecule has 1 aliphatic carbocycles. The molecule has 1 aliphatic rings. The van der Waals surface area contributed by atoms with Crippen molar-refractivity contribution in [2.45, 2.75) is 52.1 Å². The zero-order chi connectivity index (χ0) is 9.19. The van der Waals surface area contributed by atoms with Crippen molar-refractivity contribution >= 4 is 0 Å². The quantitative estimate of drug-likeness (QED) is 0.637. The zero-order valence-corrected chi connectivity index (χ0v) is 8.56. The van der Waals surface area contributed by atoms with Crippen LogP contribution in [0.4, 0.5) is 0 Å². The standard InChI is InChI=1S/C11H21N/c1-5-9(2)12-10-7-6-8-11(10,3)4/h5,9-10,12H,1,6-8H2,2-4H3. The van der Waals surface area contributed by atoms with Crippen molar-refractivity contribution in [1.82, 2.24) is 5.32 Å². The molecule has 2 unspecified atom stereocenters. The van der Waals surface area contributed by atoms with Crippen molar-refractivity contribution < 1.29 is 0 Å². The van der Waals surface area contributed by atoms with E-state index in [0.717, 1.165) is 0 Å². The molecule has 1 nitrogen and oxygen atoms in total. The lowest BCUT2D eigenvalue weighted by Crippen LogP contribution is -2.41. The Morgan fingerprint density at radius 3 is 2.67 bits per heavy atom. The number of nitrogens with one attached hydrogen (secondary N) is 1. The molecule has 0 aromatic heterocycles. The molecule has 0 saturated heterocycles.